The van der Waals surface area contributed by atoms with Gasteiger partial charge in [-0.3, -0.25) is 0 Å². The SMILES string of the molecule is CC.CCCCC1CC(C)=C(C)CC1CC. The molecule has 2 atom stereocenters. The molecular formula is C16H32. The van der Waals surface area contributed by atoms with Gasteiger partial charge in [-0.1, -0.05) is 58.1 Å². The first kappa shape index (κ1) is 15.7. The summed E-state index contributed by atoms with van der Waals surface area (Å²) in [5.41, 5.74) is 3.35. The first-order valence-electron chi connectivity index (χ1n) is 7.34. The fraction of sp³-hybridized carbons (Fsp3) is 0.875. The zero-order valence-corrected chi connectivity index (χ0v) is 12.4. The van der Waals surface area contributed by atoms with Crippen molar-refractivity contribution in [3.05, 3.63) is 11.1 Å². The molecule has 2 unspecified atom stereocenters. The van der Waals surface area contributed by atoms with E-state index in [1.807, 2.05) is 13.8 Å². The predicted octanol–water partition coefficient (Wildman–Crippen LogP) is 5.98. The lowest BCUT2D eigenvalue weighted by Crippen LogP contribution is -2.20. The van der Waals surface area contributed by atoms with Crippen LogP contribution in [0.25, 0.3) is 0 Å². The Morgan fingerprint density at radius 2 is 1.44 bits per heavy atom. The van der Waals surface area contributed by atoms with Gasteiger partial charge in [0.25, 0.3) is 0 Å². The maximum absolute atomic E-state index is 2.36. The number of hydrogen-bond donors (Lipinski definition) is 0. The Bertz CT molecular complexity index is 200. The van der Waals surface area contributed by atoms with Crippen LogP contribution in [0.1, 0.15) is 80.1 Å². The summed E-state index contributed by atoms with van der Waals surface area (Å²) >= 11 is 0. The van der Waals surface area contributed by atoms with Crippen LogP contribution in [0.5, 0.6) is 0 Å². The van der Waals surface area contributed by atoms with Crippen molar-refractivity contribution in [1.29, 1.82) is 0 Å². The third-order valence-electron chi connectivity index (χ3n) is 3.98. The van der Waals surface area contributed by atoms with E-state index in [-0.39, 0.29) is 0 Å². The van der Waals surface area contributed by atoms with Crippen LogP contribution in [0.15, 0.2) is 11.1 Å². The summed E-state index contributed by atoms with van der Waals surface area (Å²) in [6.45, 7) is 13.3. The van der Waals surface area contributed by atoms with Crippen LogP contribution in [-0.2, 0) is 0 Å². The van der Waals surface area contributed by atoms with Crippen molar-refractivity contribution in [3.63, 3.8) is 0 Å². The number of unbranched alkanes of at least 4 members (excludes halogenated alkanes) is 1. The van der Waals surface area contributed by atoms with Gasteiger partial charge in [-0.15, -0.1) is 0 Å². The minimum atomic E-state index is 0.977. The molecule has 0 spiro atoms. The summed E-state index contributed by atoms with van der Waals surface area (Å²) in [7, 11) is 0. The van der Waals surface area contributed by atoms with E-state index in [1.165, 1.54) is 38.5 Å². The van der Waals surface area contributed by atoms with Gasteiger partial charge < -0.3 is 0 Å². The molecular weight excluding hydrogens is 192 g/mol. The molecule has 0 fully saturated rings. The van der Waals surface area contributed by atoms with Crippen molar-refractivity contribution in [3.8, 4) is 0 Å². The zero-order chi connectivity index (χ0) is 12.6. The Kier molecular flexibility index (Phi) is 8.70. The lowest BCUT2D eigenvalue weighted by atomic mass is 9.73. The Hall–Kier alpha value is -0.260. The molecule has 0 radical (unpaired) electrons. The minimum Gasteiger partial charge on any atom is -0.0741 e. The molecule has 0 aromatic heterocycles. The van der Waals surface area contributed by atoms with Gasteiger partial charge in [0.2, 0.25) is 0 Å². The Morgan fingerprint density at radius 3 is 1.88 bits per heavy atom. The molecule has 0 heterocycles. The average molecular weight is 224 g/mol. The molecule has 0 aromatic carbocycles. The molecule has 0 amide bonds. The maximum atomic E-state index is 2.36. The van der Waals surface area contributed by atoms with Crippen LogP contribution in [0.2, 0.25) is 0 Å². The number of rotatable bonds is 4. The zero-order valence-electron chi connectivity index (χ0n) is 12.4. The van der Waals surface area contributed by atoms with E-state index in [1.54, 1.807) is 11.1 Å². The summed E-state index contributed by atoms with van der Waals surface area (Å²) in [4.78, 5) is 0. The van der Waals surface area contributed by atoms with Gasteiger partial charge in [-0.2, -0.15) is 0 Å². The average Bonchev–Trinajstić information content (AvgIpc) is 2.32. The summed E-state index contributed by atoms with van der Waals surface area (Å²) in [5.74, 6) is 1.97. The van der Waals surface area contributed by atoms with Crippen LogP contribution < -0.4 is 0 Å². The van der Waals surface area contributed by atoms with Gasteiger partial charge in [0.05, 0.1) is 0 Å². The molecule has 1 aliphatic carbocycles. The van der Waals surface area contributed by atoms with Crippen LogP contribution in [0.3, 0.4) is 0 Å². The van der Waals surface area contributed by atoms with E-state index < -0.39 is 0 Å². The van der Waals surface area contributed by atoms with Gasteiger partial charge >= 0.3 is 0 Å². The van der Waals surface area contributed by atoms with Crippen LogP contribution in [0.4, 0.5) is 0 Å². The van der Waals surface area contributed by atoms with Crippen molar-refractivity contribution in [1.82, 2.24) is 0 Å². The van der Waals surface area contributed by atoms with E-state index in [4.69, 9.17) is 0 Å². The standard InChI is InChI=1S/C14H26.C2H6/c1-5-7-8-14-10-12(4)11(3)9-13(14)6-2;1-2/h13-14H,5-10H2,1-4H3;1-2H3. The van der Waals surface area contributed by atoms with Crippen molar-refractivity contribution in [2.75, 3.05) is 0 Å². The summed E-state index contributed by atoms with van der Waals surface area (Å²) in [6.07, 6.45) is 8.36. The lowest BCUT2D eigenvalue weighted by Gasteiger charge is -2.32. The van der Waals surface area contributed by atoms with Crippen molar-refractivity contribution < 1.29 is 0 Å². The molecule has 0 bridgehead atoms. The lowest BCUT2D eigenvalue weighted by molar-refractivity contribution is 0.275. The minimum absolute atomic E-state index is 0.977. The smallest absolute Gasteiger partial charge is 0.0289 e. The van der Waals surface area contributed by atoms with Crippen molar-refractivity contribution in [2.45, 2.75) is 80.1 Å². The van der Waals surface area contributed by atoms with Gasteiger partial charge in [-0.05, 0) is 44.9 Å². The molecule has 0 N–H and O–H groups in total. The maximum Gasteiger partial charge on any atom is -0.0289 e. The molecule has 0 aliphatic heterocycles. The largest absolute Gasteiger partial charge is 0.0741 e. The molecule has 0 aromatic rings. The molecule has 0 heteroatoms. The third kappa shape index (κ3) is 4.72. The first-order chi connectivity index (χ1) is 7.69. The van der Waals surface area contributed by atoms with Gasteiger partial charge in [0.1, 0.15) is 0 Å². The third-order valence-corrected chi connectivity index (χ3v) is 3.98. The van der Waals surface area contributed by atoms with Crippen molar-refractivity contribution in [2.24, 2.45) is 11.8 Å². The second-order valence-corrected chi connectivity index (χ2v) is 5.04. The molecule has 0 saturated carbocycles. The van der Waals surface area contributed by atoms with E-state index in [0.717, 1.165) is 11.8 Å². The van der Waals surface area contributed by atoms with E-state index in [0.29, 0.717) is 0 Å². The number of hydrogen-bond acceptors (Lipinski definition) is 0. The second kappa shape index (κ2) is 8.84. The molecule has 1 rings (SSSR count). The van der Waals surface area contributed by atoms with E-state index in [9.17, 15) is 0 Å². The fourth-order valence-corrected chi connectivity index (χ4v) is 2.75. The van der Waals surface area contributed by atoms with Crippen LogP contribution in [0, 0.1) is 11.8 Å². The topological polar surface area (TPSA) is 0 Å². The Labute approximate surface area is 104 Å². The normalized spacial score (nSPS) is 25.1. The van der Waals surface area contributed by atoms with Crippen molar-refractivity contribution >= 4 is 0 Å². The summed E-state index contributed by atoms with van der Waals surface area (Å²) in [5, 5.41) is 0. The molecule has 0 nitrogen and oxygen atoms in total. The highest BCUT2D eigenvalue weighted by Crippen LogP contribution is 2.38. The molecule has 96 valence electrons. The van der Waals surface area contributed by atoms with E-state index in [2.05, 4.69) is 27.7 Å². The summed E-state index contributed by atoms with van der Waals surface area (Å²) in [6, 6.07) is 0. The first-order valence-corrected chi connectivity index (χ1v) is 7.34. The number of allylic oxidation sites excluding steroid dienone is 2. The highest BCUT2D eigenvalue weighted by atomic mass is 14.3. The van der Waals surface area contributed by atoms with Gasteiger partial charge in [0.15, 0.2) is 0 Å². The predicted molar refractivity (Wildman–Crippen MR) is 75.8 cm³/mol. The molecule has 0 saturated heterocycles. The van der Waals surface area contributed by atoms with Gasteiger partial charge in [-0.25, -0.2) is 0 Å². The van der Waals surface area contributed by atoms with E-state index >= 15 is 0 Å². The summed E-state index contributed by atoms with van der Waals surface area (Å²) < 4.78 is 0. The quantitative estimate of drug-likeness (QED) is 0.516. The molecule has 16 heavy (non-hydrogen) atoms. The second-order valence-electron chi connectivity index (χ2n) is 5.04. The van der Waals surface area contributed by atoms with Gasteiger partial charge in [0, 0.05) is 0 Å². The molecule has 1 aliphatic rings. The Balaban J connectivity index is 0.00000106. The highest BCUT2D eigenvalue weighted by Gasteiger charge is 2.24. The van der Waals surface area contributed by atoms with Crippen LogP contribution in [-0.4, -0.2) is 0 Å². The highest BCUT2D eigenvalue weighted by molar-refractivity contribution is 5.15. The Morgan fingerprint density at radius 1 is 0.938 bits per heavy atom. The van der Waals surface area contributed by atoms with Crippen LogP contribution >= 0.6 is 0 Å². The fourth-order valence-electron chi connectivity index (χ4n) is 2.75. The monoisotopic (exact) mass is 224 g/mol.